The van der Waals surface area contributed by atoms with Crippen molar-refractivity contribution in [3.05, 3.63) is 46.4 Å². The Morgan fingerprint density at radius 1 is 1.23 bits per heavy atom. The maximum Gasteiger partial charge on any atom is 0.418 e. The molecule has 0 saturated carbocycles. The van der Waals surface area contributed by atoms with Gasteiger partial charge in [0.15, 0.2) is 11.6 Å². The second-order valence-corrected chi connectivity index (χ2v) is 6.90. The van der Waals surface area contributed by atoms with Crippen LogP contribution in [0, 0.1) is 0 Å². The van der Waals surface area contributed by atoms with E-state index in [2.05, 4.69) is 20.0 Å². The number of aliphatic hydroxyl groups is 1. The largest absolute Gasteiger partial charge is 0.431 e. The number of aromatic nitrogens is 2. The molecule has 2 heterocycles. The molecule has 164 valence electrons. The fourth-order valence-electron chi connectivity index (χ4n) is 3.25. The van der Waals surface area contributed by atoms with Crippen molar-refractivity contribution in [1.29, 1.82) is 0 Å². The van der Waals surface area contributed by atoms with Crippen molar-refractivity contribution in [2.75, 3.05) is 11.9 Å². The molecule has 0 aromatic carbocycles. The first kappa shape index (κ1) is 22.3. The Balaban J connectivity index is 2.11. The monoisotopic (exact) mass is 459 g/mol. The lowest BCUT2D eigenvalue weighted by Crippen LogP contribution is -2.46. The van der Waals surface area contributed by atoms with E-state index in [4.69, 9.17) is 11.6 Å². The lowest BCUT2D eigenvalue weighted by atomic mass is 9.76. The normalized spacial score (nSPS) is 20.7. The summed E-state index contributed by atoms with van der Waals surface area (Å²) in [6.45, 7) is -4.31. The van der Waals surface area contributed by atoms with Gasteiger partial charge < -0.3 is 15.2 Å². The number of ether oxygens (including phenoxy) is 1. The Kier molecular flexibility index (Phi) is 5.76. The summed E-state index contributed by atoms with van der Waals surface area (Å²) in [7, 11) is 0. The Labute approximate surface area is 169 Å². The lowest BCUT2D eigenvalue weighted by Gasteiger charge is -2.41. The SMILES string of the molecule is OC[C@]1(Nc2ncc(C(F)(F)F)cc2OC(F)F)CCC(F)(F)c2c1ccnc2Cl. The zero-order valence-electron chi connectivity index (χ0n) is 14.8. The van der Waals surface area contributed by atoms with E-state index in [0.717, 1.165) is 12.3 Å². The predicted octanol–water partition coefficient (Wildman–Crippen LogP) is 4.94. The van der Waals surface area contributed by atoms with Crippen LogP contribution in [-0.4, -0.2) is 28.3 Å². The number of nitrogens with zero attached hydrogens (tertiary/aromatic N) is 2. The van der Waals surface area contributed by atoms with Crippen LogP contribution in [0.1, 0.15) is 29.5 Å². The highest BCUT2D eigenvalue weighted by atomic mass is 35.5. The Morgan fingerprint density at radius 3 is 2.53 bits per heavy atom. The first-order valence-corrected chi connectivity index (χ1v) is 8.72. The second kappa shape index (κ2) is 7.73. The third kappa shape index (κ3) is 4.10. The van der Waals surface area contributed by atoms with Crippen LogP contribution in [-0.2, 0) is 17.6 Å². The maximum atomic E-state index is 14.4. The summed E-state index contributed by atoms with van der Waals surface area (Å²) in [6.07, 6.45) is -4.64. The highest BCUT2D eigenvalue weighted by Gasteiger charge is 2.50. The maximum absolute atomic E-state index is 14.4. The van der Waals surface area contributed by atoms with E-state index in [-0.39, 0.29) is 5.56 Å². The van der Waals surface area contributed by atoms with Gasteiger partial charge in [0.25, 0.3) is 5.92 Å². The number of hydrogen-bond donors (Lipinski definition) is 2. The van der Waals surface area contributed by atoms with Gasteiger partial charge in [0.1, 0.15) is 5.15 Å². The highest BCUT2D eigenvalue weighted by Crippen LogP contribution is 2.50. The van der Waals surface area contributed by atoms with Gasteiger partial charge in [-0.1, -0.05) is 11.6 Å². The number of alkyl halides is 7. The van der Waals surface area contributed by atoms with Crippen molar-refractivity contribution >= 4 is 17.4 Å². The first-order valence-electron chi connectivity index (χ1n) is 8.34. The summed E-state index contributed by atoms with van der Waals surface area (Å²) >= 11 is 5.82. The molecule has 0 fully saturated rings. The van der Waals surface area contributed by atoms with Crippen molar-refractivity contribution in [2.45, 2.75) is 37.1 Å². The van der Waals surface area contributed by atoms with Gasteiger partial charge >= 0.3 is 12.8 Å². The molecule has 2 aromatic rings. The zero-order valence-corrected chi connectivity index (χ0v) is 15.5. The van der Waals surface area contributed by atoms with Crippen LogP contribution in [0.15, 0.2) is 24.5 Å². The molecule has 1 atom stereocenters. The molecular weight excluding hydrogens is 447 g/mol. The fourth-order valence-corrected chi connectivity index (χ4v) is 3.55. The van der Waals surface area contributed by atoms with Crippen LogP contribution >= 0.6 is 11.6 Å². The fraction of sp³-hybridized carbons (Fsp3) is 0.412. The van der Waals surface area contributed by atoms with Crippen LogP contribution in [0.25, 0.3) is 0 Å². The number of hydrogen-bond acceptors (Lipinski definition) is 5. The molecule has 0 saturated heterocycles. The lowest BCUT2D eigenvalue weighted by molar-refractivity contribution is -0.138. The topological polar surface area (TPSA) is 67.3 Å². The van der Waals surface area contributed by atoms with Crippen LogP contribution in [0.3, 0.4) is 0 Å². The van der Waals surface area contributed by atoms with Gasteiger partial charge in [0, 0.05) is 18.8 Å². The van der Waals surface area contributed by atoms with Crippen molar-refractivity contribution in [1.82, 2.24) is 9.97 Å². The summed E-state index contributed by atoms with van der Waals surface area (Å²) < 4.78 is 97.2. The number of rotatable bonds is 5. The first-order chi connectivity index (χ1) is 13.9. The number of aliphatic hydroxyl groups excluding tert-OH is 1. The highest BCUT2D eigenvalue weighted by molar-refractivity contribution is 6.30. The number of anilines is 1. The van der Waals surface area contributed by atoms with Gasteiger partial charge in [-0.2, -0.15) is 22.0 Å². The van der Waals surface area contributed by atoms with Gasteiger partial charge in [0.2, 0.25) is 0 Å². The second-order valence-electron chi connectivity index (χ2n) is 6.54. The molecule has 0 amide bonds. The van der Waals surface area contributed by atoms with Crippen molar-refractivity contribution < 1.29 is 40.6 Å². The third-order valence-corrected chi connectivity index (χ3v) is 4.96. The molecule has 30 heavy (non-hydrogen) atoms. The molecule has 3 rings (SSSR count). The minimum Gasteiger partial charge on any atom is -0.431 e. The van der Waals surface area contributed by atoms with Gasteiger partial charge in [-0.05, 0) is 24.1 Å². The average Bonchev–Trinajstić information content (AvgIpc) is 2.64. The molecule has 2 aromatic heterocycles. The van der Waals surface area contributed by atoms with Gasteiger partial charge in [-0.25, -0.2) is 18.7 Å². The number of fused-ring (bicyclic) bond motifs is 1. The molecule has 2 N–H and O–H groups in total. The van der Waals surface area contributed by atoms with Gasteiger partial charge in [-0.3, -0.25) is 0 Å². The number of nitrogens with one attached hydrogen (secondary N) is 1. The van der Waals surface area contributed by atoms with E-state index >= 15 is 0 Å². The molecule has 0 unspecified atom stereocenters. The Morgan fingerprint density at radius 2 is 1.93 bits per heavy atom. The standard InChI is InChI=1S/C17H13ClF7N3O2/c18-12-11-9(1-4-26-12)15(7-29,2-3-16(11,21)22)28-13-10(30-14(19)20)5-8(6-27-13)17(23,24)25/h1,4-6,14,29H,2-3,7H2,(H,27,28)/t15-/m1/s1. The number of halogens is 8. The van der Waals surface area contributed by atoms with E-state index in [1.807, 2.05) is 0 Å². The van der Waals surface area contributed by atoms with Gasteiger partial charge in [-0.15, -0.1) is 0 Å². The van der Waals surface area contributed by atoms with E-state index in [1.54, 1.807) is 0 Å². The van der Waals surface area contributed by atoms with E-state index < -0.39 is 71.5 Å². The predicted molar refractivity (Wildman–Crippen MR) is 90.6 cm³/mol. The summed E-state index contributed by atoms with van der Waals surface area (Å²) in [6, 6.07) is 1.44. The van der Waals surface area contributed by atoms with Crippen molar-refractivity contribution in [3.8, 4) is 5.75 Å². The smallest absolute Gasteiger partial charge is 0.418 e. The molecule has 0 aliphatic heterocycles. The summed E-state index contributed by atoms with van der Waals surface area (Å²) in [4.78, 5) is 7.08. The van der Waals surface area contributed by atoms with Gasteiger partial charge in [0.05, 0.1) is 23.3 Å². The minimum absolute atomic E-state index is 0.189. The molecular formula is C17H13ClF7N3O2. The van der Waals surface area contributed by atoms with E-state index in [9.17, 15) is 35.8 Å². The van der Waals surface area contributed by atoms with Crippen LogP contribution < -0.4 is 10.1 Å². The summed E-state index contributed by atoms with van der Waals surface area (Å²) in [5.41, 5.74) is -3.94. The zero-order chi connectivity index (χ0) is 22.3. The van der Waals surface area contributed by atoms with E-state index in [1.165, 1.54) is 0 Å². The van der Waals surface area contributed by atoms with Crippen LogP contribution in [0.2, 0.25) is 5.15 Å². The molecule has 1 aliphatic rings. The molecule has 0 bridgehead atoms. The Bertz CT molecular complexity index is 942. The third-order valence-electron chi connectivity index (χ3n) is 4.68. The van der Waals surface area contributed by atoms with Crippen molar-refractivity contribution in [2.24, 2.45) is 0 Å². The molecule has 0 radical (unpaired) electrons. The van der Waals surface area contributed by atoms with Crippen molar-refractivity contribution in [3.63, 3.8) is 0 Å². The van der Waals surface area contributed by atoms with Crippen LogP contribution in [0.5, 0.6) is 5.75 Å². The quantitative estimate of drug-likeness (QED) is 0.490. The summed E-state index contributed by atoms with van der Waals surface area (Å²) in [5.74, 6) is -4.95. The Hall–Kier alpha value is -2.34. The summed E-state index contributed by atoms with van der Waals surface area (Å²) in [5, 5.41) is 12.0. The number of pyridine rings is 2. The molecule has 13 heteroatoms. The van der Waals surface area contributed by atoms with E-state index in [0.29, 0.717) is 12.3 Å². The minimum atomic E-state index is -4.89. The van der Waals surface area contributed by atoms with Crippen LogP contribution in [0.4, 0.5) is 36.6 Å². The molecule has 0 spiro atoms. The molecule has 1 aliphatic carbocycles. The average molecular weight is 460 g/mol. The molecule has 5 nitrogen and oxygen atoms in total.